The molecule has 31 heavy (non-hydrogen) atoms. The van der Waals surface area contributed by atoms with E-state index in [2.05, 4.69) is 19.4 Å². The second-order valence-corrected chi connectivity index (χ2v) is 7.49. The van der Waals surface area contributed by atoms with Crippen LogP contribution in [0, 0.1) is 0 Å². The monoisotopic (exact) mass is 435 g/mol. The molecule has 0 fully saturated rings. The summed E-state index contributed by atoms with van der Waals surface area (Å²) in [5.74, 6) is -2.85. The third kappa shape index (κ3) is 4.19. The number of amides is 3. The molecule has 10 heteroatoms. The van der Waals surface area contributed by atoms with E-state index >= 15 is 0 Å². The van der Waals surface area contributed by atoms with Crippen molar-refractivity contribution in [3.63, 3.8) is 0 Å². The van der Waals surface area contributed by atoms with E-state index in [0.717, 1.165) is 22.9 Å². The van der Waals surface area contributed by atoms with Gasteiger partial charge in [0.15, 0.2) is 5.69 Å². The zero-order valence-electron chi connectivity index (χ0n) is 16.1. The molecule has 2 aromatic carbocycles. The molecule has 1 aliphatic heterocycles. The molecule has 9 nitrogen and oxygen atoms in total. The molecule has 0 radical (unpaired) electrons. The van der Waals surface area contributed by atoms with E-state index in [-0.39, 0.29) is 24.4 Å². The molecule has 4 rings (SSSR count). The molecule has 1 aromatic heterocycles. The number of hydrogen-bond acceptors (Lipinski definition) is 7. The lowest BCUT2D eigenvalue weighted by Crippen LogP contribution is -2.47. The largest absolute Gasteiger partial charge is 0.363 e. The molecule has 4 N–H and O–H groups in total. The van der Waals surface area contributed by atoms with Gasteiger partial charge in [0.2, 0.25) is 11.7 Å². The van der Waals surface area contributed by atoms with Crippen molar-refractivity contribution in [3.05, 3.63) is 65.4 Å². The highest BCUT2D eigenvalue weighted by Crippen LogP contribution is 2.34. The van der Waals surface area contributed by atoms with E-state index in [1.807, 2.05) is 6.07 Å². The van der Waals surface area contributed by atoms with Crippen molar-refractivity contribution < 1.29 is 19.2 Å². The van der Waals surface area contributed by atoms with Crippen LogP contribution in [-0.2, 0) is 27.2 Å². The van der Waals surface area contributed by atoms with Crippen molar-refractivity contribution in [2.45, 2.75) is 18.9 Å². The Morgan fingerprint density at radius 3 is 2.61 bits per heavy atom. The van der Waals surface area contributed by atoms with E-state index < -0.39 is 23.6 Å². The van der Waals surface area contributed by atoms with E-state index in [9.17, 15) is 19.2 Å². The lowest BCUT2D eigenvalue weighted by Gasteiger charge is -2.16. The van der Waals surface area contributed by atoms with Gasteiger partial charge in [0.05, 0.1) is 18.1 Å². The fourth-order valence-electron chi connectivity index (χ4n) is 3.44. The quantitative estimate of drug-likeness (QED) is 0.474. The number of fused-ring (bicyclic) bond motifs is 1. The van der Waals surface area contributed by atoms with Crippen molar-refractivity contribution >= 4 is 40.9 Å². The van der Waals surface area contributed by atoms with Gasteiger partial charge in [0, 0.05) is 17.7 Å². The number of nitrogens with two attached hydrogens (primary N) is 1. The summed E-state index contributed by atoms with van der Waals surface area (Å²) in [5.41, 5.74) is 8.24. The van der Waals surface area contributed by atoms with Gasteiger partial charge < -0.3 is 16.4 Å². The standard InChI is InChI=1S/C21H17N5O4S/c22-20(29)19(28)15(9-11-5-2-1-3-6-11)24-21(30)18-17(25-31-26-18)12-7-4-8-14-13(12)10-16(27)23-14/h1-8,15H,9-10H2,(H2,22,29)(H,23,27)(H,24,30). The van der Waals surface area contributed by atoms with Gasteiger partial charge in [0.1, 0.15) is 11.7 Å². The number of anilines is 1. The number of primary amides is 1. The fraction of sp³-hybridized carbons (Fsp3) is 0.143. The highest BCUT2D eigenvalue weighted by molar-refractivity contribution is 6.99. The van der Waals surface area contributed by atoms with Crippen LogP contribution in [0.4, 0.5) is 5.69 Å². The fourth-order valence-corrected chi connectivity index (χ4v) is 4.00. The third-order valence-corrected chi connectivity index (χ3v) is 5.42. The number of carbonyl (C=O) groups excluding carboxylic acids is 4. The summed E-state index contributed by atoms with van der Waals surface area (Å²) >= 11 is 0.839. The van der Waals surface area contributed by atoms with Crippen molar-refractivity contribution in [1.82, 2.24) is 14.1 Å². The predicted octanol–water partition coefficient (Wildman–Crippen LogP) is 1.10. The minimum absolute atomic E-state index is 0.00748. The Morgan fingerprint density at radius 1 is 1.10 bits per heavy atom. The number of ketones is 1. The van der Waals surface area contributed by atoms with Gasteiger partial charge >= 0.3 is 0 Å². The first-order valence-electron chi connectivity index (χ1n) is 9.37. The van der Waals surface area contributed by atoms with Gasteiger partial charge in [0.25, 0.3) is 11.8 Å². The molecule has 3 amide bonds. The van der Waals surface area contributed by atoms with Crippen LogP contribution in [0.2, 0.25) is 0 Å². The molecule has 0 saturated heterocycles. The minimum atomic E-state index is -1.15. The smallest absolute Gasteiger partial charge is 0.287 e. The number of benzene rings is 2. The number of rotatable bonds is 7. The van der Waals surface area contributed by atoms with Crippen LogP contribution in [0.25, 0.3) is 11.3 Å². The van der Waals surface area contributed by atoms with E-state index in [0.29, 0.717) is 16.9 Å². The summed E-state index contributed by atoms with van der Waals surface area (Å²) in [4.78, 5) is 48.6. The van der Waals surface area contributed by atoms with Gasteiger partial charge in [-0.3, -0.25) is 19.2 Å². The van der Waals surface area contributed by atoms with Crippen LogP contribution < -0.4 is 16.4 Å². The molecule has 1 atom stereocenters. The Balaban J connectivity index is 1.63. The lowest BCUT2D eigenvalue weighted by molar-refractivity contribution is -0.137. The Bertz CT molecular complexity index is 1190. The maximum absolute atomic E-state index is 13.0. The first-order chi connectivity index (χ1) is 14.9. The molecular formula is C21H17N5O4S. The number of nitrogens with zero attached hydrogens (tertiary/aromatic N) is 2. The van der Waals surface area contributed by atoms with E-state index in [4.69, 9.17) is 5.73 Å². The predicted molar refractivity (Wildman–Crippen MR) is 113 cm³/mol. The second kappa shape index (κ2) is 8.44. The van der Waals surface area contributed by atoms with Gasteiger partial charge in [-0.25, -0.2) is 0 Å². The first-order valence-corrected chi connectivity index (χ1v) is 10.1. The van der Waals surface area contributed by atoms with Crippen LogP contribution in [0.5, 0.6) is 0 Å². The van der Waals surface area contributed by atoms with Gasteiger partial charge in [-0.2, -0.15) is 8.75 Å². The number of Topliss-reactive ketones (excluding diaryl/α,β-unsaturated/α-hetero) is 1. The highest BCUT2D eigenvalue weighted by atomic mass is 32.1. The Morgan fingerprint density at radius 2 is 1.87 bits per heavy atom. The van der Waals surface area contributed by atoms with Gasteiger partial charge in [-0.05, 0) is 17.2 Å². The van der Waals surface area contributed by atoms with Crippen molar-refractivity contribution in [3.8, 4) is 11.3 Å². The highest BCUT2D eigenvalue weighted by Gasteiger charge is 2.30. The molecule has 0 aliphatic carbocycles. The summed E-state index contributed by atoms with van der Waals surface area (Å²) in [7, 11) is 0. The zero-order chi connectivity index (χ0) is 22.0. The topological polar surface area (TPSA) is 144 Å². The molecule has 1 aliphatic rings. The lowest BCUT2D eigenvalue weighted by atomic mass is 9.99. The summed E-state index contributed by atoms with van der Waals surface area (Å²) in [5, 5.41) is 5.32. The van der Waals surface area contributed by atoms with Crippen molar-refractivity contribution in [2.24, 2.45) is 5.73 Å². The average molecular weight is 435 g/mol. The average Bonchev–Trinajstić information content (AvgIpc) is 3.39. The molecule has 1 unspecified atom stereocenters. The molecule has 0 bridgehead atoms. The molecule has 156 valence electrons. The van der Waals surface area contributed by atoms with Crippen LogP contribution >= 0.6 is 11.7 Å². The SMILES string of the molecule is NC(=O)C(=O)C(Cc1ccccc1)NC(=O)c1nsnc1-c1cccc2c1CC(=O)N2. The van der Waals surface area contributed by atoms with Crippen molar-refractivity contribution in [1.29, 1.82) is 0 Å². The number of carbonyl (C=O) groups is 4. The third-order valence-electron chi connectivity index (χ3n) is 4.89. The normalized spacial score (nSPS) is 13.2. The molecule has 2 heterocycles. The van der Waals surface area contributed by atoms with E-state index in [1.54, 1.807) is 42.5 Å². The van der Waals surface area contributed by atoms with Gasteiger partial charge in [-0.1, -0.05) is 42.5 Å². The maximum Gasteiger partial charge on any atom is 0.287 e. The molecule has 3 aromatic rings. The second-order valence-electron chi connectivity index (χ2n) is 6.96. The van der Waals surface area contributed by atoms with Gasteiger partial charge in [-0.15, -0.1) is 0 Å². The zero-order valence-corrected chi connectivity index (χ0v) is 16.9. The molecule has 0 saturated carbocycles. The minimum Gasteiger partial charge on any atom is -0.363 e. The number of hydrogen-bond donors (Lipinski definition) is 3. The Kier molecular flexibility index (Phi) is 5.54. The summed E-state index contributed by atoms with van der Waals surface area (Å²) in [6.45, 7) is 0. The number of aromatic nitrogens is 2. The van der Waals surface area contributed by atoms with Crippen LogP contribution in [-0.4, -0.2) is 38.3 Å². The first kappa shape index (κ1) is 20.4. The van der Waals surface area contributed by atoms with Crippen LogP contribution in [0.15, 0.2) is 48.5 Å². The van der Waals surface area contributed by atoms with E-state index in [1.165, 1.54) is 0 Å². The molecular weight excluding hydrogens is 418 g/mol. The Hall–Kier alpha value is -3.92. The van der Waals surface area contributed by atoms with Crippen LogP contribution in [0.1, 0.15) is 21.6 Å². The van der Waals surface area contributed by atoms with Crippen LogP contribution in [0.3, 0.4) is 0 Å². The maximum atomic E-state index is 13.0. The summed E-state index contributed by atoms with van der Waals surface area (Å²) in [6, 6.07) is 13.1. The summed E-state index contributed by atoms with van der Waals surface area (Å²) < 4.78 is 8.32. The van der Waals surface area contributed by atoms with Crippen molar-refractivity contribution in [2.75, 3.05) is 5.32 Å². The Labute approximate surface area is 181 Å². The number of nitrogens with one attached hydrogen (secondary N) is 2. The summed E-state index contributed by atoms with van der Waals surface area (Å²) in [6.07, 6.45) is 0.265. The molecule has 0 spiro atoms.